The van der Waals surface area contributed by atoms with Crippen molar-refractivity contribution in [2.75, 3.05) is 39.9 Å². The lowest BCUT2D eigenvalue weighted by molar-refractivity contribution is -0.918. The van der Waals surface area contributed by atoms with Gasteiger partial charge in [0, 0.05) is 0 Å². The molecular weight excluding hydrogens is 268 g/mol. The number of quaternary nitrogens is 1. The molecule has 1 fully saturated rings. The Kier molecular flexibility index (Phi) is 3.55. The summed E-state index contributed by atoms with van der Waals surface area (Å²) in [5, 5.41) is 0. The molecule has 2 aliphatic rings. The van der Waals surface area contributed by atoms with E-state index in [9.17, 15) is 9.59 Å². The summed E-state index contributed by atoms with van der Waals surface area (Å²) < 4.78 is 6.24. The van der Waals surface area contributed by atoms with Gasteiger partial charge >= 0.3 is 0 Å². The van der Waals surface area contributed by atoms with Crippen molar-refractivity contribution in [1.82, 2.24) is 4.90 Å². The maximum absolute atomic E-state index is 12.5. The van der Waals surface area contributed by atoms with E-state index in [-0.39, 0.29) is 17.9 Å². The van der Waals surface area contributed by atoms with E-state index >= 15 is 0 Å². The average Bonchev–Trinajstić information content (AvgIpc) is 2.72. The van der Waals surface area contributed by atoms with E-state index in [1.807, 2.05) is 6.92 Å². The van der Waals surface area contributed by atoms with Crippen LogP contribution in [0.3, 0.4) is 0 Å². The first-order valence-corrected chi connectivity index (χ1v) is 7.40. The lowest BCUT2D eigenvalue weighted by Gasteiger charge is -2.40. The van der Waals surface area contributed by atoms with Crippen molar-refractivity contribution in [1.29, 1.82) is 0 Å². The van der Waals surface area contributed by atoms with E-state index < -0.39 is 0 Å². The molecule has 1 atom stereocenters. The molecule has 0 radical (unpaired) electrons. The normalized spacial score (nSPS) is 22.3. The van der Waals surface area contributed by atoms with Gasteiger partial charge in [0.25, 0.3) is 11.8 Å². The number of morpholine rings is 1. The molecule has 21 heavy (non-hydrogen) atoms. The molecule has 0 bridgehead atoms. The van der Waals surface area contributed by atoms with Gasteiger partial charge in [0.2, 0.25) is 0 Å². The summed E-state index contributed by atoms with van der Waals surface area (Å²) in [6, 6.07) is 6.95. The zero-order chi connectivity index (χ0) is 15.0. The maximum atomic E-state index is 12.5. The molecule has 2 heterocycles. The summed E-state index contributed by atoms with van der Waals surface area (Å²) in [7, 11) is 2.16. The monoisotopic (exact) mass is 289 g/mol. The second-order valence-corrected chi connectivity index (χ2v) is 6.24. The van der Waals surface area contributed by atoms with Gasteiger partial charge in [-0.3, -0.25) is 14.5 Å². The van der Waals surface area contributed by atoms with Crippen LogP contribution in [-0.4, -0.2) is 67.1 Å². The predicted molar refractivity (Wildman–Crippen MR) is 78.0 cm³/mol. The fourth-order valence-electron chi connectivity index (χ4n) is 3.29. The first-order valence-electron chi connectivity index (χ1n) is 7.40. The molecule has 5 nitrogen and oxygen atoms in total. The number of nitrogens with zero attached hydrogens (tertiary/aromatic N) is 2. The standard InChI is InChI=1S/C16H21N2O3/c1-12(11-18(2)7-9-21-10-8-18)17-15(19)13-5-3-4-6-14(13)16(17)20/h3-6,12H,7-11H2,1-2H3/q+1/t12-/m0/s1. The summed E-state index contributed by atoms with van der Waals surface area (Å²) in [6.45, 7) is 6.06. The van der Waals surface area contributed by atoms with Crippen molar-refractivity contribution >= 4 is 11.8 Å². The van der Waals surface area contributed by atoms with E-state index in [1.165, 1.54) is 4.90 Å². The summed E-state index contributed by atoms with van der Waals surface area (Å²) in [4.78, 5) is 26.4. The van der Waals surface area contributed by atoms with Crippen LogP contribution in [0.15, 0.2) is 24.3 Å². The predicted octanol–water partition coefficient (Wildman–Crippen LogP) is 1.15. The van der Waals surface area contributed by atoms with E-state index in [2.05, 4.69) is 7.05 Å². The number of likely N-dealkylation sites (N-methyl/N-ethyl adjacent to an activating group) is 1. The van der Waals surface area contributed by atoms with Gasteiger partial charge in [0.05, 0.1) is 44.0 Å². The quantitative estimate of drug-likeness (QED) is 0.619. The number of carbonyl (C=O) groups excluding carboxylic acids is 2. The number of benzene rings is 1. The van der Waals surface area contributed by atoms with Gasteiger partial charge in [-0.2, -0.15) is 0 Å². The van der Waals surface area contributed by atoms with Gasteiger partial charge in [-0.1, -0.05) is 12.1 Å². The van der Waals surface area contributed by atoms with E-state index in [0.29, 0.717) is 11.1 Å². The molecule has 1 aromatic rings. The zero-order valence-electron chi connectivity index (χ0n) is 12.5. The Balaban J connectivity index is 1.78. The average molecular weight is 289 g/mol. The molecule has 112 valence electrons. The van der Waals surface area contributed by atoms with Crippen LogP contribution in [0.1, 0.15) is 27.6 Å². The third kappa shape index (κ3) is 2.47. The summed E-state index contributed by atoms with van der Waals surface area (Å²) in [5.74, 6) is -0.328. The second kappa shape index (κ2) is 5.24. The number of carbonyl (C=O) groups is 2. The molecular formula is C16H21N2O3+. The Morgan fingerprint density at radius 2 is 1.67 bits per heavy atom. The molecule has 0 saturated carbocycles. The van der Waals surface area contributed by atoms with Crippen LogP contribution in [0.25, 0.3) is 0 Å². The molecule has 1 saturated heterocycles. The second-order valence-electron chi connectivity index (χ2n) is 6.24. The summed E-state index contributed by atoms with van der Waals surface area (Å²) in [6.07, 6.45) is 0. The molecule has 0 N–H and O–H groups in total. The fraction of sp³-hybridized carbons (Fsp3) is 0.500. The van der Waals surface area contributed by atoms with Crippen LogP contribution in [0.2, 0.25) is 0 Å². The minimum Gasteiger partial charge on any atom is -0.370 e. The van der Waals surface area contributed by atoms with Crippen LogP contribution in [0.4, 0.5) is 0 Å². The lowest BCUT2D eigenvalue weighted by atomic mass is 10.1. The third-order valence-electron chi connectivity index (χ3n) is 4.52. The highest BCUT2D eigenvalue weighted by molar-refractivity contribution is 6.21. The minimum atomic E-state index is -0.164. The molecule has 2 aliphatic heterocycles. The van der Waals surface area contributed by atoms with Gasteiger partial charge in [0.1, 0.15) is 13.1 Å². The van der Waals surface area contributed by atoms with Gasteiger partial charge < -0.3 is 9.22 Å². The van der Waals surface area contributed by atoms with E-state index in [0.717, 1.165) is 37.3 Å². The maximum Gasteiger partial charge on any atom is 0.262 e. The molecule has 0 aliphatic carbocycles. The third-order valence-corrected chi connectivity index (χ3v) is 4.52. The Hall–Kier alpha value is -1.72. The topological polar surface area (TPSA) is 46.6 Å². The van der Waals surface area contributed by atoms with Crippen LogP contribution in [-0.2, 0) is 4.74 Å². The van der Waals surface area contributed by atoms with Gasteiger partial charge in [-0.05, 0) is 19.1 Å². The van der Waals surface area contributed by atoms with Crippen molar-refractivity contribution in [2.45, 2.75) is 13.0 Å². The number of imide groups is 1. The highest BCUT2D eigenvalue weighted by atomic mass is 16.5. The van der Waals surface area contributed by atoms with Gasteiger partial charge in [0.15, 0.2) is 0 Å². The van der Waals surface area contributed by atoms with E-state index in [4.69, 9.17) is 4.74 Å². The zero-order valence-corrected chi connectivity index (χ0v) is 12.5. The first-order chi connectivity index (χ1) is 10.0. The fourth-order valence-corrected chi connectivity index (χ4v) is 3.29. The van der Waals surface area contributed by atoms with Crippen LogP contribution in [0.5, 0.6) is 0 Å². The Bertz CT molecular complexity index is 544. The molecule has 0 spiro atoms. The van der Waals surface area contributed by atoms with E-state index in [1.54, 1.807) is 24.3 Å². The van der Waals surface area contributed by atoms with Crippen molar-refractivity contribution in [3.63, 3.8) is 0 Å². The number of fused-ring (bicyclic) bond motifs is 1. The Morgan fingerprint density at radius 3 is 2.19 bits per heavy atom. The Morgan fingerprint density at radius 1 is 1.14 bits per heavy atom. The van der Waals surface area contributed by atoms with Crippen molar-refractivity contribution in [2.24, 2.45) is 0 Å². The largest absolute Gasteiger partial charge is 0.370 e. The van der Waals surface area contributed by atoms with Gasteiger partial charge in [-0.25, -0.2) is 0 Å². The SMILES string of the molecule is C[C@@H](C[N+]1(C)CCOCC1)N1C(=O)c2ccccc2C1=O. The van der Waals surface area contributed by atoms with Gasteiger partial charge in [-0.15, -0.1) is 0 Å². The number of hydrogen-bond acceptors (Lipinski definition) is 3. The number of rotatable bonds is 3. The molecule has 2 amide bonds. The summed E-state index contributed by atoms with van der Waals surface area (Å²) in [5.41, 5.74) is 1.05. The molecule has 0 unspecified atom stereocenters. The molecule has 3 rings (SSSR count). The Labute approximate surface area is 124 Å². The van der Waals surface area contributed by atoms with Crippen molar-refractivity contribution in [3.05, 3.63) is 35.4 Å². The highest BCUT2D eigenvalue weighted by Gasteiger charge is 2.41. The van der Waals surface area contributed by atoms with Crippen molar-refractivity contribution < 1.29 is 18.8 Å². The lowest BCUT2D eigenvalue weighted by Crippen LogP contribution is -2.58. The molecule has 5 heteroatoms. The highest BCUT2D eigenvalue weighted by Crippen LogP contribution is 2.25. The molecule has 1 aromatic carbocycles. The molecule has 0 aromatic heterocycles. The van der Waals surface area contributed by atoms with Crippen LogP contribution >= 0.6 is 0 Å². The smallest absolute Gasteiger partial charge is 0.262 e. The van der Waals surface area contributed by atoms with Crippen molar-refractivity contribution in [3.8, 4) is 0 Å². The summed E-state index contributed by atoms with van der Waals surface area (Å²) >= 11 is 0. The minimum absolute atomic E-state index is 0.111. The number of amides is 2. The van der Waals surface area contributed by atoms with Crippen LogP contribution < -0.4 is 0 Å². The first kappa shape index (κ1) is 14.2. The number of hydrogen-bond donors (Lipinski definition) is 0. The number of ether oxygens (including phenoxy) is 1. The van der Waals surface area contributed by atoms with Crippen LogP contribution in [0, 0.1) is 0 Å².